The van der Waals surface area contributed by atoms with E-state index < -0.39 is 11.9 Å². The van der Waals surface area contributed by atoms with Gasteiger partial charge in [0.1, 0.15) is 23.3 Å². The highest BCUT2D eigenvalue weighted by Gasteiger charge is 2.35. The monoisotopic (exact) mass is 692 g/mol. The smallest absolute Gasteiger partial charge is 0.348 e. The van der Waals surface area contributed by atoms with Gasteiger partial charge in [-0.1, -0.05) is 67.8 Å². The summed E-state index contributed by atoms with van der Waals surface area (Å²) in [5, 5.41) is 18.7. The van der Waals surface area contributed by atoms with Crippen molar-refractivity contribution in [3.05, 3.63) is 130 Å². The van der Waals surface area contributed by atoms with Gasteiger partial charge in [-0.2, -0.15) is 10.5 Å². The molecule has 4 aromatic rings. The summed E-state index contributed by atoms with van der Waals surface area (Å²) in [7, 11) is 4.06. The van der Waals surface area contributed by atoms with Crippen molar-refractivity contribution >= 4 is 46.8 Å². The van der Waals surface area contributed by atoms with Crippen LogP contribution >= 0.6 is 0 Å². The van der Waals surface area contributed by atoms with Crippen LogP contribution in [0.1, 0.15) is 68.2 Å². The van der Waals surface area contributed by atoms with Crippen molar-refractivity contribution < 1.29 is 19.1 Å². The van der Waals surface area contributed by atoms with E-state index in [1.165, 1.54) is 30.4 Å². The van der Waals surface area contributed by atoms with Crippen LogP contribution in [0.5, 0.6) is 0 Å². The van der Waals surface area contributed by atoms with Crippen LogP contribution in [0.4, 0.5) is 22.7 Å². The minimum Gasteiger partial charge on any atom is -0.462 e. The molecule has 0 spiro atoms. The molecule has 0 atom stereocenters. The fraction of sp³-hybridized carbons (Fsp3) is 0.273. The molecule has 4 aromatic carbocycles. The van der Waals surface area contributed by atoms with E-state index in [1.54, 1.807) is 26.0 Å². The number of anilines is 4. The molecule has 0 amide bonds. The van der Waals surface area contributed by atoms with Crippen LogP contribution in [-0.2, 0) is 24.5 Å². The number of ether oxygens (including phenoxy) is 2. The quantitative estimate of drug-likeness (QED) is 0.0821. The summed E-state index contributed by atoms with van der Waals surface area (Å²) in [6.07, 6.45) is 8.87. The fourth-order valence-corrected chi connectivity index (χ4v) is 6.82. The first-order valence-electron chi connectivity index (χ1n) is 17.7. The molecule has 264 valence electrons. The Morgan fingerprint density at radius 3 is 1.23 bits per heavy atom. The SMILES string of the molecule is CCOC(=O)C(C#N)=Cc1ccc(N(C)c2ccc(C3(c4ccc(N(C)c5ccc(C=C(C#N)C(=O)OCC)cc5)cc4)CCCCC3)cc2)cc1. The van der Waals surface area contributed by atoms with Crippen molar-refractivity contribution in [2.45, 2.75) is 51.4 Å². The van der Waals surface area contributed by atoms with Gasteiger partial charge in [-0.05, 0) is 110 Å². The normalized spacial score (nSPS) is 14.0. The van der Waals surface area contributed by atoms with Crippen LogP contribution in [0.2, 0.25) is 0 Å². The van der Waals surface area contributed by atoms with Crippen LogP contribution in [0.25, 0.3) is 12.2 Å². The lowest BCUT2D eigenvalue weighted by Crippen LogP contribution is -2.30. The van der Waals surface area contributed by atoms with Crippen LogP contribution < -0.4 is 9.80 Å². The molecule has 8 heteroatoms. The minimum atomic E-state index is -0.618. The summed E-state index contributed by atoms with van der Waals surface area (Å²) >= 11 is 0. The predicted molar refractivity (Wildman–Crippen MR) is 206 cm³/mol. The van der Waals surface area contributed by atoms with E-state index in [9.17, 15) is 20.1 Å². The molecule has 0 N–H and O–H groups in total. The van der Waals surface area contributed by atoms with Crippen LogP contribution in [-0.4, -0.2) is 39.2 Å². The van der Waals surface area contributed by atoms with Crippen molar-refractivity contribution in [3.8, 4) is 12.1 Å². The van der Waals surface area contributed by atoms with E-state index in [2.05, 4.69) is 58.3 Å². The molecule has 0 radical (unpaired) electrons. The zero-order valence-electron chi connectivity index (χ0n) is 30.3. The Hall–Kier alpha value is -6.12. The second-order valence-corrected chi connectivity index (χ2v) is 12.8. The Labute approximate surface area is 306 Å². The summed E-state index contributed by atoms with van der Waals surface area (Å²) in [6.45, 7) is 3.86. The molecular formula is C44H44N4O4. The standard InChI is InChI=1S/C44H44N4O4/c1-5-51-42(49)34(30-45)28-32-10-18-38(19-11-32)47(3)40-22-14-36(15-23-40)44(26-8-7-9-27-44)37-16-24-41(25-17-37)48(4)39-20-12-33(13-21-39)29-35(31-46)43(50)52-6-2/h10-25,28-29H,5-9,26-27H2,1-4H3. The van der Waals surface area contributed by atoms with Crippen LogP contribution in [0, 0.1) is 22.7 Å². The third kappa shape index (κ3) is 8.42. The number of rotatable bonds is 12. The third-order valence-electron chi connectivity index (χ3n) is 9.74. The van der Waals surface area contributed by atoms with Crippen molar-refractivity contribution in [3.63, 3.8) is 0 Å². The molecule has 0 aliphatic heterocycles. The van der Waals surface area contributed by atoms with Gasteiger partial charge in [0.05, 0.1) is 13.2 Å². The van der Waals surface area contributed by atoms with Gasteiger partial charge >= 0.3 is 11.9 Å². The van der Waals surface area contributed by atoms with Crippen molar-refractivity contribution in [2.24, 2.45) is 0 Å². The summed E-state index contributed by atoms with van der Waals surface area (Å²) in [5.41, 5.74) is 8.11. The second kappa shape index (κ2) is 17.2. The van der Waals surface area contributed by atoms with Crippen molar-refractivity contribution in [2.75, 3.05) is 37.1 Å². The van der Waals surface area contributed by atoms with Crippen molar-refractivity contribution in [1.82, 2.24) is 0 Å². The summed E-state index contributed by atoms with van der Waals surface area (Å²) in [6, 6.07) is 37.1. The van der Waals surface area contributed by atoms with E-state index in [0.717, 1.165) is 46.7 Å². The summed E-state index contributed by atoms with van der Waals surface area (Å²) in [4.78, 5) is 28.3. The predicted octanol–water partition coefficient (Wildman–Crippen LogP) is 9.41. The molecule has 52 heavy (non-hydrogen) atoms. The number of nitriles is 2. The number of hydrogen-bond acceptors (Lipinski definition) is 8. The Kier molecular flexibility index (Phi) is 12.3. The molecule has 0 saturated heterocycles. The average Bonchev–Trinajstić information content (AvgIpc) is 3.19. The van der Waals surface area contributed by atoms with E-state index in [-0.39, 0.29) is 29.8 Å². The second-order valence-electron chi connectivity index (χ2n) is 12.8. The Balaban J connectivity index is 1.32. The Bertz CT molecular complexity index is 1850. The maximum atomic E-state index is 12.0. The first kappa shape index (κ1) is 37.1. The average molecular weight is 693 g/mol. The van der Waals surface area contributed by atoms with Gasteiger partial charge in [0.15, 0.2) is 0 Å². The molecule has 1 aliphatic carbocycles. The van der Waals surface area contributed by atoms with E-state index >= 15 is 0 Å². The minimum absolute atomic E-state index is 0.0264. The van der Waals surface area contributed by atoms with E-state index in [1.807, 2.05) is 74.8 Å². The molecule has 0 aromatic heterocycles. The maximum Gasteiger partial charge on any atom is 0.348 e. The van der Waals surface area contributed by atoms with Crippen LogP contribution in [0.3, 0.4) is 0 Å². The van der Waals surface area contributed by atoms with Crippen molar-refractivity contribution in [1.29, 1.82) is 10.5 Å². The highest BCUT2D eigenvalue weighted by atomic mass is 16.5. The zero-order chi connectivity index (χ0) is 37.1. The van der Waals surface area contributed by atoms with E-state index in [0.29, 0.717) is 0 Å². The Morgan fingerprint density at radius 1 is 0.596 bits per heavy atom. The third-order valence-corrected chi connectivity index (χ3v) is 9.74. The molecule has 1 aliphatic rings. The molecule has 1 fully saturated rings. The number of carbonyl (C=O) groups excluding carboxylic acids is 2. The number of benzene rings is 4. The largest absolute Gasteiger partial charge is 0.462 e. The van der Waals surface area contributed by atoms with Gasteiger partial charge in [0, 0.05) is 42.3 Å². The van der Waals surface area contributed by atoms with E-state index in [4.69, 9.17) is 9.47 Å². The number of nitrogens with zero attached hydrogens (tertiary/aromatic N) is 4. The maximum absolute atomic E-state index is 12.0. The van der Waals surface area contributed by atoms with Crippen LogP contribution in [0.15, 0.2) is 108 Å². The van der Waals surface area contributed by atoms with Gasteiger partial charge in [-0.15, -0.1) is 0 Å². The highest BCUT2D eigenvalue weighted by molar-refractivity contribution is 5.98. The molecule has 1 saturated carbocycles. The number of esters is 2. The lowest BCUT2D eigenvalue weighted by atomic mass is 9.65. The van der Waals surface area contributed by atoms with Gasteiger partial charge < -0.3 is 19.3 Å². The molecule has 0 heterocycles. The zero-order valence-corrected chi connectivity index (χ0v) is 30.3. The topological polar surface area (TPSA) is 107 Å². The Morgan fingerprint density at radius 2 is 0.923 bits per heavy atom. The summed E-state index contributed by atoms with van der Waals surface area (Å²) < 4.78 is 9.95. The molecule has 0 unspecified atom stereocenters. The summed E-state index contributed by atoms with van der Waals surface area (Å²) in [5.74, 6) is -1.24. The van der Waals surface area contributed by atoms with Gasteiger partial charge in [-0.3, -0.25) is 0 Å². The molecular weight excluding hydrogens is 649 g/mol. The first-order valence-corrected chi connectivity index (χ1v) is 17.7. The fourth-order valence-electron chi connectivity index (χ4n) is 6.82. The molecule has 0 bridgehead atoms. The number of carbonyl (C=O) groups is 2. The van der Waals surface area contributed by atoms with Gasteiger partial charge in [0.25, 0.3) is 0 Å². The number of hydrogen-bond donors (Lipinski definition) is 0. The highest BCUT2D eigenvalue weighted by Crippen LogP contribution is 2.46. The molecule has 5 rings (SSSR count). The van der Waals surface area contributed by atoms with Gasteiger partial charge in [0.2, 0.25) is 0 Å². The lowest BCUT2D eigenvalue weighted by molar-refractivity contribution is -0.138. The van der Waals surface area contributed by atoms with Gasteiger partial charge in [-0.25, -0.2) is 9.59 Å². The lowest BCUT2D eigenvalue weighted by Gasteiger charge is -2.39. The first-order chi connectivity index (χ1) is 25.2. The molecule has 8 nitrogen and oxygen atoms in total.